The van der Waals surface area contributed by atoms with Gasteiger partial charge < -0.3 is 10.8 Å². The number of nitrogen functional groups attached to an aromatic ring is 1. The highest BCUT2D eigenvalue weighted by atomic mass is 32.1. The van der Waals surface area contributed by atoms with Crippen molar-refractivity contribution in [2.75, 3.05) is 5.73 Å². The van der Waals surface area contributed by atoms with Crippen molar-refractivity contribution in [2.45, 2.75) is 19.3 Å². The Labute approximate surface area is 103 Å². The summed E-state index contributed by atoms with van der Waals surface area (Å²) < 4.78 is 0. The smallest absolute Gasteiger partial charge is 0.337 e. The molecule has 2 aliphatic carbocycles. The molecule has 90 valence electrons. The Balaban J connectivity index is 1.86. The average Bonchev–Trinajstić information content (AvgIpc) is 2.73. The number of nitrogens with two attached hydrogens (primary N) is 1. The molecule has 1 aromatic heterocycles. The Hall–Kier alpha value is -1.36. The predicted octanol–water partition coefficient (Wildman–Crippen LogP) is 2.24. The van der Waals surface area contributed by atoms with E-state index in [0.29, 0.717) is 22.3 Å². The van der Waals surface area contributed by atoms with Crippen molar-refractivity contribution in [1.82, 2.24) is 4.98 Å². The van der Waals surface area contributed by atoms with Gasteiger partial charge in [-0.1, -0.05) is 12.5 Å². The summed E-state index contributed by atoms with van der Waals surface area (Å²) in [6.07, 6.45) is 5.69. The maximum atomic E-state index is 11.2. The van der Waals surface area contributed by atoms with Crippen LogP contribution in [0.3, 0.4) is 0 Å². The van der Waals surface area contributed by atoms with Gasteiger partial charge in [0.05, 0.1) is 11.3 Å². The molecule has 0 bridgehead atoms. The zero-order valence-corrected chi connectivity index (χ0v) is 10.1. The van der Waals surface area contributed by atoms with Crippen LogP contribution >= 0.6 is 11.3 Å². The fourth-order valence-corrected chi connectivity index (χ4v) is 3.56. The molecule has 17 heavy (non-hydrogen) atoms. The number of carboxylic acid groups (broad SMARTS) is 1. The highest BCUT2D eigenvalue weighted by Gasteiger charge is 2.51. The van der Waals surface area contributed by atoms with Crippen LogP contribution in [0.15, 0.2) is 11.5 Å². The number of aromatic nitrogens is 1. The third kappa shape index (κ3) is 1.84. The maximum Gasteiger partial charge on any atom is 0.337 e. The van der Waals surface area contributed by atoms with Crippen LogP contribution in [-0.2, 0) is 4.79 Å². The van der Waals surface area contributed by atoms with E-state index in [1.54, 1.807) is 5.38 Å². The number of carbonyl (C=O) groups is 1. The van der Waals surface area contributed by atoms with Gasteiger partial charge in [-0.25, -0.2) is 9.78 Å². The number of carboxylic acids is 1. The molecule has 5 heteroatoms. The van der Waals surface area contributed by atoms with Crippen molar-refractivity contribution in [1.29, 1.82) is 0 Å². The number of anilines is 1. The first-order chi connectivity index (χ1) is 8.16. The van der Waals surface area contributed by atoms with E-state index >= 15 is 0 Å². The quantitative estimate of drug-likeness (QED) is 0.807. The lowest BCUT2D eigenvalue weighted by atomic mass is 10.1. The number of rotatable bonds is 3. The minimum absolute atomic E-state index is 0.317. The van der Waals surface area contributed by atoms with E-state index in [1.165, 1.54) is 30.6 Å². The third-order valence-electron chi connectivity index (χ3n) is 3.86. The monoisotopic (exact) mass is 250 g/mol. The van der Waals surface area contributed by atoms with Crippen molar-refractivity contribution >= 4 is 28.0 Å². The second kappa shape index (κ2) is 3.84. The number of hydrogen-bond donors (Lipinski definition) is 2. The Kier molecular flexibility index (Phi) is 2.43. The molecule has 3 rings (SSSR count). The van der Waals surface area contributed by atoms with Crippen molar-refractivity contribution in [3.63, 3.8) is 0 Å². The molecular formula is C12H14N2O2S. The second-order valence-corrected chi connectivity index (χ2v) is 5.68. The molecule has 3 N–H and O–H groups in total. The van der Waals surface area contributed by atoms with Crippen molar-refractivity contribution in [3.05, 3.63) is 17.2 Å². The van der Waals surface area contributed by atoms with Crippen LogP contribution in [0, 0.1) is 17.8 Å². The molecule has 4 nitrogen and oxygen atoms in total. The highest BCUT2D eigenvalue weighted by molar-refractivity contribution is 7.13. The number of fused-ring (bicyclic) bond motifs is 1. The number of thiazole rings is 1. The van der Waals surface area contributed by atoms with Gasteiger partial charge in [0.1, 0.15) is 0 Å². The molecule has 1 aromatic rings. The van der Waals surface area contributed by atoms with Crippen LogP contribution in [0.25, 0.3) is 5.57 Å². The Bertz CT molecular complexity index is 484. The maximum absolute atomic E-state index is 11.2. The van der Waals surface area contributed by atoms with Gasteiger partial charge >= 0.3 is 5.97 Å². The van der Waals surface area contributed by atoms with E-state index in [1.807, 2.05) is 6.08 Å². The lowest BCUT2D eigenvalue weighted by Crippen LogP contribution is -2.02. The second-order valence-electron chi connectivity index (χ2n) is 4.79. The van der Waals surface area contributed by atoms with E-state index in [0.717, 1.165) is 11.8 Å². The van der Waals surface area contributed by atoms with Gasteiger partial charge in [0.25, 0.3) is 0 Å². The van der Waals surface area contributed by atoms with Crippen LogP contribution in [0.1, 0.15) is 25.0 Å². The van der Waals surface area contributed by atoms with Gasteiger partial charge in [-0.2, -0.15) is 0 Å². The molecule has 2 saturated carbocycles. The lowest BCUT2D eigenvalue weighted by Gasteiger charge is -2.00. The van der Waals surface area contributed by atoms with E-state index in [4.69, 9.17) is 5.73 Å². The summed E-state index contributed by atoms with van der Waals surface area (Å²) in [6, 6.07) is 0. The Morgan fingerprint density at radius 2 is 2.24 bits per heavy atom. The molecule has 0 aromatic carbocycles. The first kappa shape index (κ1) is 10.8. The number of hydrogen-bond acceptors (Lipinski definition) is 4. The summed E-state index contributed by atoms with van der Waals surface area (Å²) >= 11 is 1.28. The van der Waals surface area contributed by atoms with Crippen LogP contribution < -0.4 is 5.73 Å². The Morgan fingerprint density at radius 1 is 1.53 bits per heavy atom. The summed E-state index contributed by atoms with van der Waals surface area (Å²) in [5, 5.41) is 11.4. The standard InChI is InChI=1S/C12H14N2O2S/c13-12-14-10(5-17-12)9(11(15)16)4-8-6-2-1-3-7(6)8/h4-8H,1-3H2,(H2,13,14)(H,15,16)/b9-4-. The minimum atomic E-state index is -0.903. The molecule has 2 unspecified atom stereocenters. The summed E-state index contributed by atoms with van der Waals surface area (Å²) in [5.41, 5.74) is 6.36. The molecule has 2 fully saturated rings. The van der Waals surface area contributed by atoms with Gasteiger partial charge in [0, 0.05) is 5.38 Å². The van der Waals surface area contributed by atoms with Crippen molar-refractivity contribution in [3.8, 4) is 0 Å². The van der Waals surface area contributed by atoms with E-state index in [9.17, 15) is 9.90 Å². The molecule has 0 spiro atoms. The zero-order valence-electron chi connectivity index (χ0n) is 9.30. The van der Waals surface area contributed by atoms with Gasteiger partial charge in [0.2, 0.25) is 0 Å². The van der Waals surface area contributed by atoms with Crippen molar-refractivity contribution < 1.29 is 9.90 Å². The van der Waals surface area contributed by atoms with Gasteiger partial charge in [-0.15, -0.1) is 11.3 Å². The molecule has 0 amide bonds. The number of allylic oxidation sites excluding steroid dienone is 1. The van der Waals surface area contributed by atoms with Gasteiger partial charge in [-0.05, 0) is 30.6 Å². The molecule has 2 aliphatic rings. The van der Waals surface area contributed by atoms with Crippen LogP contribution in [0.2, 0.25) is 0 Å². The van der Waals surface area contributed by atoms with Crippen LogP contribution in [-0.4, -0.2) is 16.1 Å². The minimum Gasteiger partial charge on any atom is -0.478 e. The molecule has 1 heterocycles. The first-order valence-electron chi connectivity index (χ1n) is 5.83. The molecule has 0 saturated heterocycles. The summed E-state index contributed by atoms with van der Waals surface area (Å²) in [6.45, 7) is 0. The van der Waals surface area contributed by atoms with Crippen molar-refractivity contribution in [2.24, 2.45) is 17.8 Å². The lowest BCUT2D eigenvalue weighted by molar-refractivity contribution is -0.130. The Morgan fingerprint density at radius 3 is 2.76 bits per heavy atom. The average molecular weight is 250 g/mol. The normalized spacial score (nSPS) is 31.3. The fourth-order valence-electron chi connectivity index (χ4n) is 2.99. The summed E-state index contributed by atoms with van der Waals surface area (Å²) in [7, 11) is 0. The van der Waals surface area contributed by atoms with Crippen LogP contribution in [0.5, 0.6) is 0 Å². The first-order valence-corrected chi connectivity index (χ1v) is 6.71. The van der Waals surface area contributed by atoms with E-state index in [2.05, 4.69) is 4.98 Å². The number of aliphatic carboxylic acids is 1. The summed E-state index contributed by atoms with van der Waals surface area (Å²) in [5.74, 6) is 0.999. The van der Waals surface area contributed by atoms with E-state index in [-0.39, 0.29) is 0 Å². The summed E-state index contributed by atoms with van der Waals surface area (Å²) in [4.78, 5) is 15.3. The van der Waals surface area contributed by atoms with Crippen LogP contribution in [0.4, 0.5) is 5.13 Å². The van der Waals surface area contributed by atoms with Gasteiger partial charge in [0.15, 0.2) is 5.13 Å². The van der Waals surface area contributed by atoms with E-state index < -0.39 is 5.97 Å². The zero-order chi connectivity index (χ0) is 12.0. The highest BCUT2D eigenvalue weighted by Crippen LogP contribution is 2.58. The largest absolute Gasteiger partial charge is 0.478 e. The molecule has 0 radical (unpaired) electrons. The third-order valence-corrected chi connectivity index (χ3v) is 4.53. The predicted molar refractivity (Wildman–Crippen MR) is 66.5 cm³/mol. The van der Waals surface area contributed by atoms with Gasteiger partial charge in [-0.3, -0.25) is 0 Å². The molecular weight excluding hydrogens is 236 g/mol. The molecule has 0 aliphatic heterocycles. The SMILES string of the molecule is Nc1nc(/C(=C/C2C3CCCC23)C(=O)O)cs1. The topological polar surface area (TPSA) is 76.2 Å². The molecule has 2 atom stereocenters. The number of nitrogens with zero attached hydrogens (tertiary/aromatic N) is 1. The fraction of sp³-hybridized carbons (Fsp3) is 0.500.